The van der Waals surface area contributed by atoms with Gasteiger partial charge in [0, 0.05) is 24.1 Å². The first kappa shape index (κ1) is 16.0. The first-order chi connectivity index (χ1) is 10.9. The van der Waals surface area contributed by atoms with Gasteiger partial charge in [-0.25, -0.2) is 0 Å². The molecule has 2 aliphatic rings. The van der Waals surface area contributed by atoms with Crippen LogP contribution in [-0.4, -0.2) is 16.6 Å². The number of allylic oxidation sites excluding steroid dienone is 2. The highest BCUT2D eigenvalue weighted by atomic mass is 16.2. The topological polar surface area (TPSA) is 37.4 Å². The SMILES string of the molecule is CCC(=O)N(Cc1ccccc1)/C(C)=C1\C(=O)C[C@@H]2[C@H]1C2(C)C. The summed E-state index contributed by atoms with van der Waals surface area (Å²) in [5.74, 6) is 1.11. The molecule has 23 heavy (non-hydrogen) atoms. The van der Waals surface area contributed by atoms with Gasteiger partial charge < -0.3 is 4.90 Å². The lowest BCUT2D eigenvalue weighted by atomic mass is 9.95. The molecule has 2 saturated carbocycles. The Balaban J connectivity index is 1.95. The molecule has 2 fully saturated rings. The van der Waals surface area contributed by atoms with Crippen molar-refractivity contribution < 1.29 is 9.59 Å². The lowest BCUT2D eigenvalue weighted by Gasteiger charge is -2.26. The summed E-state index contributed by atoms with van der Waals surface area (Å²) in [7, 11) is 0. The van der Waals surface area contributed by atoms with E-state index in [2.05, 4.69) is 13.8 Å². The van der Waals surface area contributed by atoms with Crippen molar-refractivity contribution in [3.8, 4) is 0 Å². The van der Waals surface area contributed by atoms with Crippen molar-refractivity contribution in [2.75, 3.05) is 0 Å². The Morgan fingerprint density at radius 2 is 1.91 bits per heavy atom. The van der Waals surface area contributed by atoms with Crippen molar-refractivity contribution >= 4 is 11.7 Å². The zero-order valence-electron chi connectivity index (χ0n) is 14.4. The van der Waals surface area contributed by atoms with E-state index >= 15 is 0 Å². The maximum Gasteiger partial charge on any atom is 0.226 e. The molecule has 122 valence electrons. The standard InChI is InChI=1S/C20H25NO2/c1-5-17(23)21(12-14-9-7-6-8-10-14)13(2)18-16(22)11-15-19(18)20(15,3)4/h6-10,15,19H,5,11-12H2,1-4H3/b18-13+/t15-,19-/m1/s1. The monoisotopic (exact) mass is 311 g/mol. The molecule has 0 spiro atoms. The lowest BCUT2D eigenvalue weighted by molar-refractivity contribution is -0.129. The highest BCUT2D eigenvalue weighted by Crippen LogP contribution is 2.68. The minimum atomic E-state index is 0.0774. The Labute approximate surface area is 138 Å². The number of fused-ring (bicyclic) bond motifs is 1. The molecule has 1 aromatic carbocycles. The highest BCUT2D eigenvalue weighted by Gasteiger charge is 2.65. The lowest BCUT2D eigenvalue weighted by Crippen LogP contribution is -2.30. The van der Waals surface area contributed by atoms with Crippen molar-refractivity contribution in [3.63, 3.8) is 0 Å². The highest BCUT2D eigenvalue weighted by molar-refractivity contribution is 6.01. The maximum absolute atomic E-state index is 12.5. The fraction of sp³-hybridized carbons (Fsp3) is 0.500. The predicted octanol–water partition coefficient (Wildman–Crippen LogP) is 3.94. The molecule has 3 heteroatoms. The van der Waals surface area contributed by atoms with Gasteiger partial charge in [0.15, 0.2) is 5.78 Å². The molecular weight excluding hydrogens is 286 g/mol. The van der Waals surface area contributed by atoms with E-state index in [1.807, 2.05) is 44.2 Å². The van der Waals surface area contributed by atoms with Crippen molar-refractivity contribution in [2.24, 2.45) is 17.3 Å². The Kier molecular flexibility index (Phi) is 3.91. The molecule has 0 aliphatic heterocycles. The van der Waals surface area contributed by atoms with E-state index in [-0.39, 0.29) is 17.1 Å². The number of carbonyl (C=O) groups excluding carboxylic acids is 2. The van der Waals surface area contributed by atoms with Gasteiger partial charge in [0.2, 0.25) is 5.91 Å². The van der Waals surface area contributed by atoms with Crippen LogP contribution in [0.5, 0.6) is 0 Å². The number of ketones is 1. The van der Waals surface area contributed by atoms with E-state index < -0.39 is 0 Å². The predicted molar refractivity (Wildman–Crippen MR) is 90.4 cm³/mol. The van der Waals surface area contributed by atoms with Crippen molar-refractivity contribution in [1.29, 1.82) is 0 Å². The smallest absolute Gasteiger partial charge is 0.226 e. The van der Waals surface area contributed by atoms with E-state index in [0.29, 0.717) is 31.2 Å². The molecule has 0 radical (unpaired) electrons. The number of hydrogen-bond acceptors (Lipinski definition) is 2. The van der Waals surface area contributed by atoms with Gasteiger partial charge in [0.25, 0.3) is 0 Å². The van der Waals surface area contributed by atoms with Crippen molar-refractivity contribution in [3.05, 3.63) is 47.2 Å². The van der Waals surface area contributed by atoms with E-state index in [1.165, 1.54) is 0 Å². The number of hydrogen-bond donors (Lipinski definition) is 0. The molecule has 3 nitrogen and oxygen atoms in total. The van der Waals surface area contributed by atoms with Crippen LogP contribution >= 0.6 is 0 Å². The minimum absolute atomic E-state index is 0.0774. The van der Waals surface area contributed by atoms with E-state index in [4.69, 9.17) is 0 Å². The number of carbonyl (C=O) groups is 2. The average molecular weight is 311 g/mol. The van der Waals surface area contributed by atoms with Crippen LogP contribution in [0.2, 0.25) is 0 Å². The van der Waals surface area contributed by atoms with Gasteiger partial charge in [-0.1, -0.05) is 51.1 Å². The summed E-state index contributed by atoms with van der Waals surface area (Å²) < 4.78 is 0. The molecule has 0 N–H and O–H groups in total. The fourth-order valence-electron chi connectivity index (χ4n) is 4.10. The van der Waals surface area contributed by atoms with E-state index in [1.54, 1.807) is 4.90 Å². The summed E-state index contributed by atoms with van der Waals surface area (Å²) in [6.07, 6.45) is 1.09. The van der Waals surface area contributed by atoms with Crippen LogP contribution in [0.1, 0.15) is 46.1 Å². The molecule has 0 heterocycles. The molecular formula is C20H25NO2. The second-order valence-corrected chi connectivity index (χ2v) is 7.35. The summed E-state index contributed by atoms with van der Waals surface area (Å²) in [5.41, 5.74) is 3.06. The van der Waals surface area contributed by atoms with Gasteiger partial charge >= 0.3 is 0 Å². The van der Waals surface area contributed by atoms with E-state index in [0.717, 1.165) is 16.8 Å². The van der Waals surface area contributed by atoms with Crippen LogP contribution in [0.3, 0.4) is 0 Å². The molecule has 2 aliphatic carbocycles. The molecule has 0 aromatic heterocycles. The molecule has 0 bridgehead atoms. The third kappa shape index (κ3) is 2.62. The molecule has 2 atom stereocenters. The average Bonchev–Trinajstić information content (AvgIpc) is 2.89. The second kappa shape index (κ2) is 5.63. The van der Waals surface area contributed by atoms with Gasteiger partial charge in [-0.05, 0) is 29.7 Å². The molecule has 1 aromatic rings. The van der Waals surface area contributed by atoms with Gasteiger partial charge in [-0.3, -0.25) is 9.59 Å². The molecule has 0 unspecified atom stereocenters. The first-order valence-corrected chi connectivity index (χ1v) is 8.46. The maximum atomic E-state index is 12.5. The summed E-state index contributed by atoms with van der Waals surface area (Å²) in [6, 6.07) is 9.97. The first-order valence-electron chi connectivity index (χ1n) is 8.46. The number of Topliss-reactive ketones (excluding diaryl/α,β-unsaturated/α-hetero) is 1. The minimum Gasteiger partial charge on any atom is -0.312 e. The number of benzene rings is 1. The number of nitrogens with zero attached hydrogens (tertiary/aromatic N) is 1. The van der Waals surface area contributed by atoms with Gasteiger partial charge in [-0.2, -0.15) is 0 Å². The van der Waals surface area contributed by atoms with Crippen LogP contribution in [-0.2, 0) is 16.1 Å². The zero-order chi connectivity index (χ0) is 16.8. The van der Waals surface area contributed by atoms with Crippen molar-refractivity contribution in [2.45, 2.75) is 47.1 Å². The van der Waals surface area contributed by atoms with Crippen molar-refractivity contribution in [1.82, 2.24) is 4.90 Å². The molecule has 3 rings (SSSR count). The number of amides is 1. The Hall–Kier alpha value is -1.90. The van der Waals surface area contributed by atoms with Crippen LogP contribution in [0.25, 0.3) is 0 Å². The van der Waals surface area contributed by atoms with Gasteiger partial charge in [-0.15, -0.1) is 0 Å². The quantitative estimate of drug-likeness (QED) is 0.790. The summed E-state index contributed by atoms with van der Waals surface area (Å²) >= 11 is 0. The number of rotatable bonds is 4. The van der Waals surface area contributed by atoms with Crippen LogP contribution in [0.4, 0.5) is 0 Å². The third-order valence-corrected chi connectivity index (χ3v) is 5.65. The summed E-state index contributed by atoms with van der Waals surface area (Å²) in [4.78, 5) is 26.7. The Morgan fingerprint density at radius 1 is 1.26 bits per heavy atom. The zero-order valence-corrected chi connectivity index (χ0v) is 14.4. The van der Waals surface area contributed by atoms with Gasteiger partial charge in [0.1, 0.15) is 0 Å². The van der Waals surface area contributed by atoms with E-state index in [9.17, 15) is 9.59 Å². The Bertz CT molecular complexity index is 672. The fourth-order valence-corrected chi connectivity index (χ4v) is 4.10. The molecule has 0 saturated heterocycles. The van der Waals surface area contributed by atoms with Crippen LogP contribution < -0.4 is 0 Å². The summed E-state index contributed by atoms with van der Waals surface area (Å²) in [5, 5.41) is 0. The summed E-state index contributed by atoms with van der Waals surface area (Å²) in [6.45, 7) is 8.81. The molecule has 1 amide bonds. The van der Waals surface area contributed by atoms with Gasteiger partial charge in [0.05, 0.1) is 6.54 Å². The largest absolute Gasteiger partial charge is 0.312 e. The van der Waals surface area contributed by atoms with Crippen LogP contribution in [0, 0.1) is 17.3 Å². The Morgan fingerprint density at radius 3 is 2.48 bits per heavy atom. The van der Waals surface area contributed by atoms with Crippen LogP contribution in [0.15, 0.2) is 41.6 Å². The normalized spacial score (nSPS) is 26.7. The second-order valence-electron chi connectivity index (χ2n) is 7.35. The third-order valence-electron chi connectivity index (χ3n) is 5.65.